The zero-order valence-electron chi connectivity index (χ0n) is 13.6. The van der Waals surface area contributed by atoms with E-state index < -0.39 is 30.0 Å². The van der Waals surface area contributed by atoms with E-state index >= 15 is 0 Å². The topological polar surface area (TPSA) is 47.6 Å². The first-order chi connectivity index (χ1) is 10.0. The van der Waals surface area contributed by atoms with Crippen molar-refractivity contribution in [1.82, 2.24) is 0 Å². The molecule has 1 heterocycles. The molecule has 1 amide bonds. The average molecular weight is 305 g/mol. The van der Waals surface area contributed by atoms with E-state index in [2.05, 4.69) is 11.9 Å². The molecule has 0 spiro atoms. The summed E-state index contributed by atoms with van der Waals surface area (Å²) in [7, 11) is -0.605. The number of rotatable bonds is 3. The Bertz CT molecular complexity index is 612. The van der Waals surface area contributed by atoms with Crippen LogP contribution in [0.2, 0.25) is 0 Å². The molecule has 22 heavy (non-hydrogen) atoms. The van der Waals surface area contributed by atoms with Crippen molar-refractivity contribution in [3.63, 3.8) is 0 Å². The van der Waals surface area contributed by atoms with E-state index in [0.717, 1.165) is 0 Å². The summed E-state index contributed by atoms with van der Waals surface area (Å²) in [6.07, 6.45) is 0. The third-order valence-electron chi connectivity index (χ3n) is 4.15. The molecule has 4 nitrogen and oxygen atoms in total. The highest BCUT2D eigenvalue weighted by Crippen LogP contribution is 2.36. The van der Waals surface area contributed by atoms with Crippen LogP contribution in [-0.4, -0.2) is 24.2 Å². The van der Waals surface area contributed by atoms with Crippen LogP contribution in [0, 0.1) is 5.82 Å². The first-order valence-corrected chi connectivity index (χ1v) is 7.15. The highest BCUT2D eigenvalue weighted by Gasteiger charge is 2.51. The van der Waals surface area contributed by atoms with Gasteiger partial charge in [0.1, 0.15) is 5.82 Å². The second-order valence-corrected chi connectivity index (χ2v) is 6.56. The number of halogens is 1. The first kappa shape index (κ1) is 16.7. The van der Waals surface area contributed by atoms with E-state index in [1.807, 2.05) is 27.7 Å². The largest absolute Gasteiger partial charge is 0.494 e. The molecular weight excluding hydrogens is 284 g/mol. The van der Waals surface area contributed by atoms with Crippen LogP contribution in [0.5, 0.6) is 0 Å². The number of anilines is 1. The zero-order valence-corrected chi connectivity index (χ0v) is 13.6. The molecule has 0 atom stereocenters. The van der Waals surface area contributed by atoms with Gasteiger partial charge in [-0.25, -0.2) is 4.39 Å². The second kappa shape index (κ2) is 5.52. The molecule has 118 valence electrons. The number of nitrogens with one attached hydrogen (secondary N) is 1. The van der Waals surface area contributed by atoms with Crippen molar-refractivity contribution in [2.45, 2.75) is 45.8 Å². The number of hydrogen-bond donors (Lipinski definition) is 1. The van der Waals surface area contributed by atoms with Crippen molar-refractivity contribution in [3.05, 3.63) is 36.2 Å². The normalized spacial score (nSPS) is 19.1. The number of amides is 1. The summed E-state index contributed by atoms with van der Waals surface area (Å²) in [5.41, 5.74) is 0.0816. The van der Waals surface area contributed by atoms with Crippen LogP contribution in [0.4, 0.5) is 10.1 Å². The molecule has 0 aliphatic carbocycles. The molecule has 1 aliphatic rings. The van der Waals surface area contributed by atoms with Crippen LogP contribution >= 0.6 is 0 Å². The maximum atomic E-state index is 13.9. The fraction of sp³-hybridized carbons (Fsp3) is 0.438. The summed E-state index contributed by atoms with van der Waals surface area (Å²) in [5.74, 6) is -0.945. The predicted octanol–water partition coefficient (Wildman–Crippen LogP) is 2.64. The fourth-order valence-corrected chi connectivity index (χ4v) is 1.99. The number of benzene rings is 1. The molecule has 6 heteroatoms. The quantitative estimate of drug-likeness (QED) is 0.690. The summed E-state index contributed by atoms with van der Waals surface area (Å²) >= 11 is 0. The summed E-state index contributed by atoms with van der Waals surface area (Å²) < 4.78 is 25.7. The van der Waals surface area contributed by atoms with Crippen LogP contribution in [0.25, 0.3) is 0 Å². The summed E-state index contributed by atoms with van der Waals surface area (Å²) in [6, 6.07) is 4.40. The van der Waals surface area contributed by atoms with Crippen LogP contribution in [-0.2, 0) is 14.1 Å². The second-order valence-electron chi connectivity index (χ2n) is 6.56. The Morgan fingerprint density at radius 2 is 1.77 bits per heavy atom. The molecular formula is C16H21BFNO3. The Hall–Kier alpha value is -1.66. The van der Waals surface area contributed by atoms with Crippen molar-refractivity contribution in [1.29, 1.82) is 0 Å². The molecule has 1 aromatic carbocycles. The Kier molecular flexibility index (Phi) is 4.19. The summed E-state index contributed by atoms with van der Waals surface area (Å²) in [5, 5.41) is 2.49. The van der Waals surface area contributed by atoms with Gasteiger partial charge in [0.2, 0.25) is 0 Å². The molecule has 1 aromatic rings. The molecule has 0 saturated carbocycles. The smallest absolute Gasteiger partial charge is 0.399 e. The third-order valence-corrected chi connectivity index (χ3v) is 4.15. The van der Waals surface area contributed by atoms with Crippen molar-refractivity contribution in [2.24, 2.45) is 0 Å². The Morgan fingerprint density at radius 1 is 1.23 bits per heavy atom. The van der Waals surface area contributed by atoms with Gasteiger partial charge < -0.3 is 14.6 Å². The van der Waals surface area contributed by atoms with Gasteiger partial charge in [-0.05, 0) is 52.2 Å². The highest BCUT2D eigenvalue weighted by atomic mass is 19.1. The molecule has 0 radical (unpaired) electrons. The van der Waals surface area contributed by atoms with Crippen LogP contribution in [0.15, 0.2) is 30.4 Å². The van der Waals surface area contributed by atoms with E-state index in [0.29, 0.717) is 11.0 Å². The highest BCUT2D eigenvalue weighted by molar-refractivity contribution is 6.62. The van der Waals surface area contributed by atoms with Crippen molar-refractivity contribution < 1.29 is 18.5 Å². The van der Waals surface area contributed by atoms with E-state index in [1.165, 1.54) is 12.1 Å². The zero-order chi connectivity index (χ0) is 16.7. The average Bonchev–Trinajstić information content (AvgIpc) is 2.60. The lowest BCUT2D eigenvalue weighted by Gasteiger charge is -2.32. The number of carbonyl (C=O) groups excluding carboxylic acids is 1. The van der Waals surface area contributed by atoms with E-state index in [4.69, 9.17) is 9.31 Å². The van der Waals surface area contributed by atoms with Crippen molar-refractivity contribution in [2.75, 3.05) is 5.32 Å². The van der Waals surface area contributed by atoms with Gasteiger partial charge in [0.25, 0.3) is 5.91 Å². The minimum Gasteiger partial charge on any atom is -0.399 e. The maximum absolute atomic E-state index is 13.9. The van der Waals surface area contributed by atoms with Crippen LogP contribution in [0.1, 0.15) is 34.6 Å². The summed E-state index contributed by atoms with van der Waals surface area (Å²) in [4.78, 5) is 11.7. The Morgan fingerprint density at radius 3 is 2.27 bits per heavy atom. The lowest BCUT2D eigenvalue weighted by atomic mass is 9.79. The molecule has 1 N–H and O–H groups in total. The van der Waals surface area contributed by atoms with Crippen LogP contribution < -0.4 is 10.8 Å². The molecule has 2 rings (SSSR count). The van der Waals surface area contributed by atoms with E-state index in [9.17, 15) is 9.18 Å². The molecule has 0 unspecified atom stereocenters. The number of carbonyl (C=O) groups is 1. The van der Waals surface area contributed by atoms with Gasteiger partial charge in [0.15, 0.2) is 0 Å². The maximum Gasteiger partial charge on any atom is 0.494 e. The molecule has 1 fully saturated rings. The monoisotopic (exact) mass is 305 g/mol. The molecule has 0 bridgehead atoms. The number of hydrogen-bond acceptors (Lipinski definition) is 3. The Balaban J connectivity index is 2.27. The Labute approximate surface area is 130 Å². The van der Waals surface area contributed by atoms with Gasteiger partial charge in [0, 0.05) is 5.57 Å². The first-order valence-electron chi connectivity index (χ1n) is 7.15. The van der Waals surface area contributed by atoms with Crippen molar-refractivity contribution >= 4 is 24.2 Å². The predicted molar refractivity (Wildman–Crippen MR) is 85.6 cm³/mol. The van der Waals surface area contributed by atoms with Gasteiger partial charge in [-0.1, -0.05) is 12.6 Å². The fourth-order valence-electron chi connectivity index (χ4n) is 1.99. The summed E-state index contributed by atoms with van der Waals surface area (Å²) in [6.45, 7) is 12.9. The molecule has 0 aromatic heterocycles. The van der Waals surface area contributed by atoms with Gasteiger partial charge in [-0.15, -0.1) is 0 Å². The lowest BCUT2D eigenvalue weighted by Crippen LogP contribution is -2.41. The van der Waals surface area contributed by atoms with Gasteiger partial charge in [0.05, 0.1) is 16.9 Å². The van der Waals surface area contributed by atoms with E-state index in [1.54, 1.807) is 13.0 Å². The SMILES string of the molecule is C=C(C)C(=O)Nc1cc(B2OC(C)(C)C(C)(C)O2)ccc1F. The third kappa shape index (κ3) is 3.08. The van der Waals surface area contributed by atoms with Gasteiger partial charge in [-0.3, -0.25) is 4.79 Å². The van der Waals surface area contributed by atoms with Gasteiger partial charge >= 0.3 is 7.12 Å². The standard InChI is InChI=1S/C16H21BFNO3/c1-10(2)14(20)19-13-9-11(7-8-12(13)18)17-21-15(3,4)16(5,6)22-17/h7-9H,1H2,2-6H3,(H,19,20). The van der Waals surface area contributed by atoms with Crippen LogP contribution in [0.3, 0.4) is 0 Å². The minimum atomic E-state index is -0.605. The lowest BCUT2D eigenvalue weighted by molar-refractivity contribution is -0.112. The molecule has 1 saturated heterocycles. The molecule has 1 aliphatic heterocycles. The minimum absolute atomic E-state index is 0.0835. The van der Waals surface area contributed by atoms with Crippen molar-refractivity contribution in [3.8, 4) is 0 Å². The van der Waals surface area contributed by atoms with Gasteiger partial charge in [-0.2, -0.15) is 0 Å². The van der Waals surface area contributed by atoms with E-state index in [-0.39, 0.29) is 5.69 Å².